The molecule has 2 heterocycles. The molecule has 0 radical (unpaired) electrons. The van der Waals surface area contributed by atoms with Crippen molar-refractivity contribution in [3.8, 4) is 11.5 Å². The first-order valence-corrected chi connectivity index (χ1v) is 10.1. The molecule has 1 atom stereocenters. The maximum absolute atomic E-state index is 13.1. The number of ketones is 1. The monoisotopic (exact) mass is 473 g/mol. The van der Waals surface area contributed by atoms with E-state index in [1.165, 1.54) is 37.5 Å². The van der Waals surface area contributed by atoms with Crippen molar-refractivity contribution in [2.24, 2.45) is 0 Å². The predicted octanol–water partition coefficient (Wildman–Crippen LogP) is 5.23. The number of anilines is 1. The van der Waals surface area contributed by atoms with E-state index in [1.807, 2.05) is 0 Å². The molecule has 1 aromatic heterocycles. The van der Waals surface area contributed by atoms with E-state index in [0.717, 1.165) is 0 Å². The average Bonchev–Trinajstić information content (AvgIpc) is 3.40. The van der Waals surface area contributed by atoms with E-state index in [0.29, 0.717) is 17.2 Å². The van der Waals surface area contributed by atoms with Gasteiger partial charge in [0, 0.05) is 17.3 Å². The zero-order valence-corrected chi connectivity index (χ0v) is 18.5. The number of rotatable bonds is 5. The van der Waals surface area contributed by atoms with Crippen LogP contribution in [0.2, 0.25) is 10.0 Å². The maximum Gasteiger partial charge on any atom is 0.300 e. The lowest BCUT2D eigenvalue weighted by molar-refractivity contribution is -0.132. The largest absolute Gasteiger partial charge is 0.507 e. The smallest absolute Gasteiger partial charge is 0.300 e. The van der Waals surface area contributed by atoms with Crippen LogP contribution in [0.1, 0.15) is 17.4 Å². The van der Waals surface area contributed by atoms with Crippen LogP contribution in [0, 0.1) is 0 Å². The van der Waals surface area contributed by atoms with Gasteiger partial charge in [-0.3, -0.25) is 14.5 Å². The van der Waals surface area contributed by atoms with Gasteiger partial charge in [0.25, 0.3) is 11.7 Å². The zero-order valence-electron chi connectivity index (χ0n) is 17.0. The third kappa shape index (κ3) is 3.59. The summed E-state index contributed by atoms with van der Waals surface area (Å²) in [7, 11) is 2.90. The van der Waals surface area contributed by atoms with Crippen molar-refractivity contribution in [3.05, 3.63) is 81.7 Å². The number of ether oxygens (including phenoxy) is 2. The fourth-order valence-electron chi connectivity index (χ4n) is 3.62. The van der Waals surface area contributed by atoms with Crippen LogP contribution in [0.5, 0.6) is 11.5 Å². The standard InChI is InChI=1S/C23H17Cl2NO6/c1-30-14-6-3-5-13(11-14)26-19(17-7-4-8-32-17)18(21(28)23(26)29)20(27)12-9-15(24)22(31-2)16(25)10-12/h3-11,19,27H,1-2H3/b20-18-. The summed E-state index contributed by atoms with van der Waals surface area (Å²) in [6.07, 6.45) is 1.42. The second-order valence-corrected chi connectivity index (χ2v) is 7.67. The Balaban J connectivity index is 1.93. The number of Topliss-reactive ketones (excluding diaryl/α,β-unsaturated/α-hetero) is 1. The Hall–Kier alpha value is -3.42. The topological polar surface area (TPSA) is 89.2 Å². The number of carbonyl (C=O) groups excluding carboxylic acids is 2. The Morgan fingerprint density at radius 2 is 1.75 bits per heavy atom. The number of amides is 1. The molecule has 1 aliphatic heterocycles. The summed E-state index contributed by atoms with van der Waals surface area (Å²) >= 11 is 12.4. The van der Waals surface area contributed by atoms with E-state index < -0.39 is 23.5 Å². The molecule has 1 saturated heterocycles. The molecule has 7 nitrogen and oxygen atoms in total. The summed E-state index contributed by atoms with van der Waals surface area (Å²) in [5, 5.41) is 11.4. The molecule has 164 valence electrons. The molecule has 4 rings (SSSR count). The molecule has 0 spiro atoms. The van der Waals surface area contributed by atoms with Gasteiger partial charge in [0.05, 0.1) is 36.1 Å². The minimum atomic E-state index is -1.02. The third-order valence-electron chi connectivity index (χ3n) is 5.06. The summed E-state index contributed by atoms with van der Waals surface area (Å²) in [6.45, 7) is 0. The minimum absolute atomic E-state index is 0.137. The molecule has 1 fully saturated rings. The van der Waals surface area contributed by atoms with Crippen molar-refractivity contribution in [2.75, 3.05) is 19.1 Å². The van der Waals surface area contributed by atoms with E-state index >= 15 is 0 Å². The number of aliphatic hydroxyl groups excluding tert-OH is 1. The molecule has 0 bridgehead atoms. The zero-order chi connectivity index (χ0) is 23.0. The summed E-state index contributed by atoms with van der Waals surface area (Å²) in [6, 6.07) is 11.7. The number of furan rings is 1. The van der Waals surface area contributed by atoms with Gasteiger partial charge in [0.2, 0.25) is 0 Å². The Morgan fingerprint density at radius 1 is 1.03 bits per heavy atom. The summed E-state index contributed by atoms with van der Waals surface area (Å²) in [4.78, 5) is 27.4. The van der Waals surface area contributed by atoms with Gasteiger partial charge in [0.15, 0.2) is 5.75 Å². The van der Waals surface area contributed by atoms with Gasteiger partial charge < -0.3 is 19.0 Å². The number of methoxy groups -OCH3 is 2. The van der Waals surface area contributed by atoms with Gasteiger partial charge in [-0.25, -0.2) is 0 Å². The van der Waals surface area contributed by atoms with Crippen molar-refractivity contribution >= 4 is 46.3 Å². The number of benzene rings is 2. The number of hydrogen-bond acceptors (Lipinski definition) is 6. The van der Waals surface area contributed by atoms with E-state index in [-0.39, 0.29) is 26.9 Å². The van der Waals surface area contributed by atoms with Gasteiger partial charge in [0.1, 0.15) is 23.3 Å². The van der Waals surface area contributed by atoms with E-state index in [4.69, 9.17) is 37.1 Å². The van der Waals surface area contributed by atoms with Gasteiger partial charge in [-0.05, 0) is 36.4 Å². The normalized spacial score (nSPS) is 17.6. The molecule has 1 aliphatic rings. The summed E-state index contributed by atoms with van der Waals surface area (Å²) < 4.78 is 15.9. The van der Waals surface area contributed by atoms with Gasteiger partial charge in [-0.15, -0.1) is 0 Å². The molecule has 3 aromatic rings. The van der Waals surface area contributed by atoms with Crippen molar-refractivity contribution < 1.29 is 28.6 Å². The second-order valence-electron chi connectivity index (χ2n) is 6.86. The van der Waals surface area contributed by atoms with Crippen molar-refractivity contribution in [1.29, 1.82) is 0 Å². The first-order valence-electron chi connectivity index (χ1n) is 9.39. The SMILES string of the molecule is COc1cccc(N2C(=O)C(=O)/C(=C(\O)c3cc(Cl)c(OC)c(Cl)c3)C2c2ccco2)c1. The van der Waals surface area contributed by atoms with Crippen LogP contribution in [0.4, 0.5) is 5.69 Å². The number of halogens is 2. The lowest BCUT2D eigenvalue weighted by Gasteiger charge is -2.23. The number of carbonyl (C=O) groups is 2. The van der Waals surface area contributed by atoms with Crippen LogP contribution in [0.15, 0.2) is 64.8 Å². The molecule has 1 amide bonds. The fourth-order valence-corrected chi connectivity index (χ4v) is 4.26. The molecule has 0 saturated carbocycles. The highest BCUT2D eigenvalue weighted by atomic mass is 35.5. The van der Waals surface area contributed by atoms with E-state index in [2.05, 4.69) is 0 Å². The predicted molar refractivity (Wildman–Crippen MR) is 119 cm³/mol. The lowest BCUT2D eigenvalue weighted by Crippen LogP contribution is -2.29. The molecular weight excluding hydrogens is 457 g/mol. The molecule has 9 heteroatoms. The van der Waals surface area contributed by atoms with Crippen molar-refractivity contribution in [1.82, 2.24) is 0 Å². The molecule has 1 unspecified atom stereocenters. The van der Waals surface area contributed by atoms with Crippen molar-refractivity contribution in [3.63, 3.8) is 0 Å². The van der Waals surface area contributed by atoms with Crippen LogP contribution < -0.4 is 14.4 Å². The summed E-state index contributed by atoms with van der Waals surface area (Å²) in [5.41, 5.74) is 0.392. The highest BCUT2D eigenvalue weighted by Gasteiger charge is 2.48. The lowest BCUT2D eigenvalue weighted by atomic mass is 9.99. The van der Waals surface area contributed by atoms with E-state index in [9.17, 15) is 14.7 Å². The minimum Gasteiger partial charge on any atom is -0.507 e. The van der Waals surface area contributed by atoms with Crippen molar-refractivity contribution in [2.45, 2.75) is 6.04 Å². The highest BCUT2D eigenvalue weighted by Crippen LogP contribution is 2.44. The first-order chi connectivity index (χ1) is 15.4. The Labute approximate surface area is 193 Å². The Bertz CT molecular complexity index is 1210. The quantitative estimate of drug-likeness (QED) is 0.310. The maximum atomic E-state index is 13.1. The second kappa shape index (κ2) is 8.61. The molecule has 2 aromatic carbocycles. The van der Waals surface area contributed by atoms with Gasteiger partial charge >= 0.3 is 0 Å². The van der Waals surface area contributed by atoms with Crippen LogP contribution >= 0.6 is 23.2 Å². The number of nitrogens with zero attached hydrogens (tertiary/aromatic N) is 1. The fraction of sp³-hybridized carbons (Fsp3) is 0.130. The Kier molecular flexibility index (Phi) is 5.86. The highest BCUT2D eigenvalue weighted by molar-refractivity contribution is 6.51. The van der Waals surface area contributed by atoms with Crippen LogP contribution in [-0.2, 0) is 9.59 Å². The van der Waals surface area contributed by atoms with Gasteiger partial charge in [-0.1, -0.05) is 29.3 Å². The summed E-state index contributed by atoms with van der Waals surface area (Å²) in [5.74, 6) is -1.14. The number of hydrogen-bond donors (Lipinski definition) is 1. The van der Waals surface area contributed by atoms with Gasteiger partial charge in [-0.2, -0.15) is 0 Å². The molecule has 0 aliphatic carbocycles. The molecular formula is C23H17Cl2NO6. The molecule has 32 heavy (non-hydrogen) atoms. The third-order valence-corrected chi connectivity index (χ3v) is 5.63. The Morgan fingerprint density at radius 3 is 2.34 bits per heavy atom. The van der Waals surface area contributed by atoms with E-state index in [1.54, 1.807) is 36.4 Å². The average molecular weight is 474 g/mol. The van der Waals surface area contributed by atoms with Crippen LogP contribution in [-0.4, -0.2) is 31.0 Å². The van der Waals surface area contributed by atoms with Crippen LogP contribution in [0.3, 0.4) is 0 Å². The van der Waals surface area contributed by atoms with Crippen LogP contribution in [0.25, 0.3) is 5.76 Å². The number of aliphatic hydroxyl groups is 1. The molecule has 1 N–H and O–H groups in total. The first kappa shape index (κ1) is 21.8.